The fourth-order valence-electron chi connectivity index (χ4n) is 2.95. The van der Waals surface area contributed by atoms with Crippen molar-refractivity contribution in [3.8, 4) is 0 Å². The van der Waals surface area contributed by atoms with E-state index in [4.69, 9.17) is 0 Å². The maximum absolute atomic E-state index is 10.6. The Morgan fingerprint density at radius 2 is 2.39 bits per heavy atom. The van der Waals surface area contributed by atoms with Crippen molar-refractivity contribution in [2.75, 3.05) is 18.4 Å². The van der Waals surface area contributed by atoms with Crippen LogP contribution in [0.2, 0.25) is 0 Å². The summed E-state index contributed by atoms with van der Waals surface area (Å²) in [5.41, 5.74) is 0. The van der Waals surface area contributed by atoms with Gasteiger partial charge in [0.2, 0.25) is 0 Å². The third-order valence-electron chi connectivity index (χ3n) is 3.82. The van der Waals surface area contributed by atoms with Crippen LogP contribution in [-0.4, -0.2) is 40.0 Å². The van der Waals surface area contributed by atoms with E-state index < -0.39 is 0 Å². The summed E-state index contributed by atoms with van der Waals surface area (Å²) in [5.74, 6) is 0. The SMILES string of the molecule is O=[N+]([O-])c1cnc(NC2CCN3CCCC3C2)s1. The van der Waals surface area contributed by atoms with Crippen molar-refractivity contribution in [1.82, 2.24) is 9.88 Å². The highest BCUT2D eigenvalue weighted by molar-refractivity contribution is 7.18. The van der Waals surface area contributed by atoms with Gasteiger partial charge in [-0.1, -0.05) is 0 Å². The molecule has 0 aliphatic carbocycles. The fourth-order valence-corrected chi connectivity index (χ4v) is 3.66. The van der Waals surface area contributed by atoms with Crippen molar-refractivity contribution in [3.05, 3.63) is 16.3 Å². The second-order valence-electron chi connectivity index (χ2n) is 4.96. The van der Waals surface area contributed by atoms with Crippen molar-refractivity contribution in [1.29, 1.82) is 0 Å². The number of hydrogen-bond donors (Lipinski definition) is 1. The molecular weight excluding hydrogens is 252 g/mol. The Hall–Kier alpha value is -1.21. The summed E-state index contributed by atoms with van der Waals surface area (Å²) in [7, 11) is 0. The molecule has 0 bridgehead atoms. The molecule has 2 aliphatic heterocycles. The van der Waals surface area contributed by atoms with Gasteiger partial charge in [-0.2, -0.15) is 0 Å². The molecule has 0 amide bonds. The average molecular weight is 268 g/mol. The summed E-state index contributed by atoms with van der Waals surface area (Å²) in [6.07, 6.45) is 6.16. The van der Waals surface area contributed by atoms with Crippen LogP contribution in [0, 0.1) is 10.1 Å². The van der Waals surface area contributed by atoms with Gasteiger partial charge in [-0.25, -0.2) is 4.98 Å². The Labute approximate surface area is 109 Å². The number of rotatable bonds is 3. The van der Waals surface area contributed by atoms with E-state index in [9.17, 15) is 10.1 Å². The van der Waals surface area contributed by atoms with E-state index in [0.717, 1.165) is 30.7 Å². The van der Waals surface area contributed by atoms with Gasteiger partial charge in [0.25, 0.3) is 0 Å². The van der Waals surface area contributed by atoms with Crippen LogP contribution in [0.3, 0.4) is 0 Å². The number of piperidine rings is 1. The molecule has 0 spiro atoms. The first-order valence-electron chi connectivity index (χ1n) is 6.33. The summed E-state index contributed by atoms with van der Waals surface area (Å²) in [6, 6.07) is 1.11. The lowest BCUT2D eigenvalue weighted by Gasteiger charge is -2.34. The molecule has 2 saturated heterocycles. The number of nitrogens with one attached hydrogen (secondary N) is 1. The van der Waals surface area contributed by atoms with Crippen molar-refractivity contribution in [3.63, 3.8) is 0 Å². The van der Waals surface area contributed by atoms with Gasteiger partial charge in [0.1, 0.15) is 6.20 Å². The largest absolute Gasteiger partial charge is 0.358 e. The van der Waals surface area contributed by atoms with Crippen molar-refractivity contribution < 1.29 is 4.92 Å². The second kappa shape index (κ2) is 4.81. The van der Waals surface area contributed by atoms with Crippen LogP contribution in [0.5, 0.6) is 0 Å². The van der Waals surface area contributed by atoms with Crippen molar-refractivity contribution in [2.45, 2.75) is 37.8 Å². The minimum atomic E-state index is -0.386. The molecular formula is C11H16N4O2S. The Balaban J connectivity index is 1.60. The predicted molar refractivity (Wildman–Crippen MR) is 70.0 cm³/mol. The van der Waals surface area contributed by atoms with Crippen LogP contribution in [0.1, 0.15) is 25.7 Å². The van der Waals surface area contributed by atoms with E-state index in [0.29, 0.717) is 17.2 Å². The van der Waals surface area contributed by atoms with Gasteiger partial charge in [-0.05, 0) is 43.6 Å². The molecule has 2 fully saturated rings. The zero-order valence-corrected chi connectivity index (χ0v) is 10.9. The molecule has 0 saturated carbocycles. The summed E-state index contributed by atoms with van der Waals surface area (Å²) in [6.45, 7) is 2.37. The molecule has 98 valence electrons. The molecule has 3 rings (SSSR count). The number of aromatic nitrogens is 1. The third kappa shape index (κ3) is 2.32. The molecule has 3 heterocycles. The number of thiazole rings is 1. The highest BCUT2D eigenvalue weighted by Crippen LogP contribution is 2.31. The van der Waals surface area contributed by atoms with Crippen LogP contribution in [0.4, 0.5) is 10.1 Å². The lowest BCUT2D eigenvalue weighted by Crippen LogP contribution is -2.42. The highest BCUT2D eigenvalue weighted by Gasteiger charge is 2.31. The van der Waals surface area contributed by atoms with E-state index in [2.05, 4.69) is 15.2 Å². The van der Waals surface area contributed by atoms with E-state index in [1.807, 2.05) is 0 Å². The van der Waals surface area contributed by atoms with Crippen LogP contribution in [-0.2, 0) is 0 Å². The Bertz CT molecular complexity index is 450. The first-order chi connectivity index (χ1) is 8.72. The molecule has 0 radical (unpaired) electrons. The van der Waals surface area contributed by atoms with Crippen LogP contribution in [0.15, 0.2) is 6.20 Å². The first kappa shape index (κ1) is 11.9. The second-order valence-corrected chi connectivity index (χ2v) is 5.97. The van der Waals surface area contributed by atoms with Gasteiger partial charge in [0.15, 0.2) is 5.13 Å². The van der Waals surface area contributed by atoms with Gasteiger partial charge >= 0.3 is 5.00 Å². The molecule has 1 N–H and O–H groups in total. The molecule has 6 nitrogen and oxygen atoms in total. The Morgan fingerprint density at radius 3 is 3.17 bits per heavy atom. The zero-order chi connectivity index (χ0) is 12.5. The summed E-state index contributed by atoms with van der Waals surface area (Å²) in [5, 5.41) is 14.7. The quantitative estimate of drug-likeness (QED) is 0.671. The molecule has 2 aliphatic rings. The molecule has 0 aromatic carbocycles. The van der Waals surface area contributed by atoms with Crippen LogP contribution < -0.4 is 5.32 Å². The number of fused-ring (bicyclic) bond motifs is 1. The third-order valence-corrected chi connectivity index (χ3v) is 4.70. The number of hydrogen-bond acceptors (Lipinski definition) is 6. The number of nitrogens with zero attached hydrogens (tertiary/aromatic N) is 3. The molecule has 2 atom stereocenters. The smallest absolute Gasteiger partial charge is 0.345 e. The summed E-state index contributed by atoms with van der Waals surface area (Å²) >= 11 is 1.12. The van der Waals surface area contributed by atoms with Gasteiger partial charge < -0.3 is 10.2 Å². The molecule has 18 heavy (non-hydrogen) atoms. The maximum Gasteiger partial charge on any atom is 0.345 e. The van der Waals surface area contributed by atoms with Gasteiger partial charge in [-0.15, -0.1) is 0 Å². The van der Waals surface area contributed by atoms with Crippen molar-refractivity contribution in [2.24, 2.45) is 0 Å². The molecule has 1 aromatic rings. The van der Waals surface area contributed by atoms with E-state index in [1.54, 1.807) is 0 Å². The Kier molecular flexibility index (Phi) is 3.17. The standard InChI is InChI=1S/C11H16N4O2S/c16-15(17)10-7-12-11(18-10)13-8-3-5-14-4-1-2-9(14)6-8/h7-9H,1-6H2,(H,12,13). The molecule has 1 aromatic heterocycles. The van der Waals surface area contributed by atoms with E-state index in [-0.39, 0.29) is 9.92 Å². The average Bonchev–Trinajstić information content (AvgIpc) is 2.96. The highest BCUT2D eigenvalue weighted by atomic mass is 32.1. The topological polar surface area (TPSA) is 71.3 Å². The van der Waals surface area contributed by atoms with Crippen LogP contribution in [0.25, 0.3) is 0 Å². The lowest BCUT2D eigenvalue weighted by atomic mass is 9.98. The zero-order valence-electron chi connectivity index (χ0n) is 10.0. The Morgan fingerprint density at radius 1 is 1.50 bits per heavy atom. The van der Waals surface area contributed by atoms with E-state index in [1.165, 1.54) is 25.6 Å². The fraction of sp³-hybridized carbons (Fsp3) is 0.727. The normalized spacial score (nSPS) is 28.0. The predicted octanol–water partition coefficient (Wildman–Crippen LogP) is 2.09. The van der Waals surface area contributed by atoms with Crippen molar-refractivity contribution >= 4 is 21.5 Å². The number of nitro groups is 1. The lowest BCUT2D eigenvalue weighted by molar-refractivity contribution is -0.380. The molecule has 7 heteroatoms. The van der Waals surface area contributed by atoms with Gasteiger partial charge in [-0.3, -0.25) is 10.1 Å². The number of anilines is 1. The minimum Gasteiger partial charge on any atom is -0.358 e. The van der Waals surface area contributed by atoms with Gasteiger partial charge in [0, 0.05) is 18.6 Å². The monoisotopic (exact) mass is 268 g/mol. The summed E-state index contributed by atoms with van der Waals surface area (Å²) in [4.78, 5) is 16.8. The van der Waals surface area contributed by atoms with E-state index >= 15 is 0 Å². The van der Waals surface area contributed by atoms with Crippen LogP contribution >= 0.6 is 11.3 Å². The maximum atomic E-state index is 10.6. The molecule has 2 unspecified atom stereocenters. The van der Waals surface area contributed by atoms with Gasteiger partial charge in [0.05, 0.1) is 4.92 Å². The first-order valence-corrected chi connectivity index (χ1v) is 7.15. The minimum absolute atomic E-state index is 0.107. The summed E-state index contributed by atoms with van der Waals surface area (Å²) < 4.78 is 0.